The van der Waals surface area contributed by atoms with Gasteiger partial charge in [0.25, 0.3) is 0 Å². The molecule has 5 aromatic carbocycles. The van der Waals surface area contributed by atoms with Gasteiger partial charge in [-0.1, -0.05) is 113 Å². The standard InChI is InChI=1S/C38H26BrNO4/c39-30-21-23-31(24-22-30)40-35(27-13-5-1-6-14-27)26-29(36(40)28-15-7-2-8-16-28)25-34(37(41)43-32-17-9-3-10-18-32)38(42)44-33-19-11-4-12-20-33/h1-26H. The topological polar surface area (TPSA) is 57.5 Å². The lowest BCUT2D eigenvalue weighted by Gasteiger charge is -2.15. The Morgan fingerprint density at radius 3 is 1.52 bits per heavy atom. The molecule has 6 heteroatoms. The third-order valence-electron chi connectivity index (χ3n) is 6.88. The molecular formula is C38H26BrNO4. The van der Waals surface area contributed by atoms with Crippen LogP contribution in [-0.4, -0.2) is 16.5 Å². The Hall–Kier alpha value is -5.46. The molecule has 214 valence electrons. The minimum absolute atomic E-state index is 0.248. The van der Waals surface area contributed by atoms with Gasteiger partial charge in [-0.05, 0) is 71.8 Å². The summed E-state index contributed by atoms with van der Waals surface area (Å²) >= 11 is 3.55. The second kappa shape index (κ2) is 13.2. The van der Waals surface area contributed by atoms with Crippen LogP contribution in [-0.2, 0) is 9.59 Å². The number of carbonyl (C=O) groups excluding carboxylic acids is 2. The second-order valence-electron chi connectivity index (χ2n) is 9.84. The summed E-state index contributed by atoms with van der Waals surface area (Å²) in [6.45, 7) is 0. The summed E-state index contributed by atoms with van der Waals surface area (Å²) in [6.07, 6.45) is 1.56. The monoisotopic (exact) mass is 639 g/mol. The molecule has 1 heterocycles. The molecule has 0 aliphatic carbocycles. The Balaban J connectivity index is 1.58. The maximum absolute atomic E-state index is 13.7. The molecule has 0 saturated carbocycles. The Labute approximate surface area is 263 Å². The van der Waals surface area contributed by atoms with E-state index in [1.807, 2.05) is 103 Å². The molecule has 1 aromatic heterocycles. The molecule has 5 nitrogen and oxygen atoms in total. The number of esters is 2. The lowest BCUT2D eigenvalue weighted by molar-refractivity contribution is -0.137. The van der Waals surface area contributed by atoms with E-state index in [-0.39, 0.29) is 5.57 Å². The fourth-order valence-electron chi connectivity index (χ4n) is 4.87. The largest absolute Gasteiger partial charge is 0.423 e. The van der Waals surface area contributed by atoms with Gasteiger partial charge in [-0.25, -0.2) is 9.59 Å². The Bertz CT molecular complexity index is 1860. The summed E-state index contributed by atoms with van der Waals surface area (Å²) in [5.41, 5.74) is 4.84. The van der Waals surface area contributed by atoms with Gasteiger partial charge in [-0.2, -0.15) is 0 Å². The molecule has 0 aliphatic heterocycles. The molecule has 0 bridgehead atoms. The van der Waals surface area contributed by atoms with Gasteiger partial charge in [0.05, 0.1) is 11.4 Å². The zero-order valence-electron chi connectivity index (χ0n) is 23.5. The number of hydrogen-bond donors (Lipinski definition) is 0. The molecule has 6 rings (SSSR count). The molecule has 0 N–H and O–H groups in total. The minimum Gasteiger partial charge on any atom is -0.423 e. The highest BCUT2D eigenvalue weighted by Crippen LogP contribution is 2.37. The number of ether oxygens (including phenoxy) is 2. The van der Waals surface area contributed by atoms with E-state index in [4.69, 9.17) is 9.47 Å². The number of halogens is 1. The van der Waals surface area contributed by atoms with Gasteiger partial charge in [0.15, 0.2) is 0 Å². The van der Waals surface area contributed by atoms with Crippen molar-refractivity contribution in [2.24, 2.45) is 0 Å². The predicted octanol–water partition coefficient (Wildman–Crippen LogP) is 9.17. The molecular weight excluding hydrogens is 614 g/mol. The van der Waals surface area contributed by atoms with E-state index in [9.17, 15) is 9.59 Å². The Morgan fingerprint density at radius 1 is 0.568 bits per heavy atom. The number of benzene rings is 5. The first-order valence-corrected chi connectivity index (χ1v) is 14.7. The van der Waals surface area contributed by atoms with Crippen molar-refractivity contribution < 1.29 is 19.1 Å². The number of hydrogen-bond acceptors (Lipinski definition) is 4. The smallest absolute Gasteiger partial charge is 0.351 e. The highest BCUT2D eigenvalue weighted by atomic mass is 79.9. The maximum Gasteiger partial charge on any atom is 0.351 e. The Morgan fingerprint density at radius 2 is 1.02 bits per heavy atom. The SMILES string of the molecule is O=C(Oc1ccccc1)C(=Cc1cc(-c2ccccc2)n(-c2ccc(Br)cc2)c1-c1ccccc1)C(=O)Oc1ccccc1. The van der Waals surface area contributed by atoms with Gasteiger partial charge in [0, 0.05) is 15.7 Å². The van der Waals surface area contributed by atoms with Crippen molar-refractivity contribution in [3.63, 3.8) is 0 Å². The molecule has 0 saturated heterocycles. The number of carbonyl (C=O) groups is 2. The summed E-state index contributed by atoms with van der Waals surface area (Å²) in [4.78, 5) is 27.3. The van der Waals surface area contributed by atoms with Crippen LogP contribution in [0.15, 0.2) is 162 Å². The summed E-state index contributed by atoms with van der Waals surface area (Å²) in [5, 5.41) is 0. The molecule has 6 aromatic rings. The van der Waals surface area contributed by atoms with Crippen LogP contribution in [0.5, 0.6) is 11.5 Å². The van der Waals surface area contributed by atoms with Crippen molar-refractivity contribution in [1.29, 1.82) is 0 Å². The summed E-state index contributed by atoms with van der Waals surface area (Å²) in [7, 11) is 0. The van der Waals surface area contributed by atoms with Crippen LogP contribution >= 0.6 is 15.9 Å². The van der Waals surface area contributed by atoms with Gasteiger partial charge in [-0.3, -0.25) is 0 Å². The quantitative estimate of drug-likeness (QED) is 0.0548. The van der Waals surface area contributed by atoms with Crippen LogP contribution in [0.1, 0.15) is 5.56 Å². The first kappa shape index (κ1) is 28.6. The fourth-order valence-corrected chi connectivity index (χ4v) is 5.13. The maximum atomic E-state index is 13.7. The molecule has 0 radical (unpaired) electrons. The molecule has 0 spiro atoms. The number of para-hydroxylation sites is 2. The summed E-state index contributed by atoms with van der Waals surface area (Å²) in [5.74, 6) is -1.02. The van der Waals surface area contributed by atoms with Crippen LogP contribution in [0.4, 0.5) is 0 Å². The molecule has 0 unspecified atom stereocenters. The summed E-state index contributed by atoms with van der Waals surface area (Å²) < 4.78 is 14.4. The molecule has 0 aliphatic rings. The van der Waals surface area contributed by atoms with Crippen molar-refractivity contribution in [1.82, 2.24) is 4.57 Å². The third kappa shape index (κ3) is 6.46. The molecule has 44 heavy (non-hydrogen) atoms. The normalized spacial score (nSPS) is 10.6. The van der Waals surface area contributed by atoms with Crippen LogP contribution in [0.3, 0.4) is 0 Å². The van der Waals surface area contributed by atoms with Gasteiger partial charge >= 0.3 is 11.9 Å². The predicted molar refractivity (Wildman–Crippen MR) is 176 cm³/mol. The number of nitrogens with zero attached hydrogens (tertiary/aromatic N) is 1. The lowest BCUT2D eigenvalue weighted by Crippen LogP contribution is -2.22. The average Bonchev–Trinajstić information content (AvgIpc) is 3.45. The number of rotatable bonds is 8. The van der Waals surface area contributed by atoms with E-state index >= 15 is 0 Å². The van der Waals surface area contributed by atoms with Crippen LogP contribution in [0.2, 0.25) is 0 Å². The van der Waals surface area contributed by atoms with E-state index in [0.29, 0.717) is 17.1 Å². The van der Waals surface area contributed by atoms with E-state index < -0.39 is 11.9 Å². The van der Waals surface area contributed by atoms with Crippen LogP contribution < -0.4 is 9.47 Å². The van der Waals surface area contributed by atoms with Gasteiger partial charge in [-0.15, -0.1) is 0 Å². The van der Waals surface area contributed by atoms with Gasteiger partial charge in [0.1, 0.15) is 17.1 Å². The van der Waals surface area contributed by atoms with Crippen LogP contribution in [0, 0.1) is 0 Å². The zero-order chi connectivity index (χ0) is 30.3. The first-order valence-electron chi connectivity index (χ1n) is 14.0. The minimum atomic E-state index is -0.825. The van der Waals surface area contributed by atoms with Crippen molar-refractivity contribution in [2.45, 2.75) is 0 Å². The molecule has 0 amide bonds. The zero-order valence-corrected chi connectivity index (χ0v) is 25.1. The fraction of sp³-hybridized carbons (Fsp3) is 0. The van der Waals surface area contributed by atoms with Gasteiger partial charge < -0.3 is 14.0 Å². The Kier molecular flexibility index (Phi) is 8.62. The van der Waals surface area contributed by atoms with Crippen LogP contribution in [0.25, 0.3) is 34.3 Å². The third-order valence-corrected chi connectivity index (χ3v) is 7.41. The van der Waals surface area contributed by atoms with E-state index in [1.165, 1.54) is 0 Å². The van der Waals surface area contributed by atoms with Crippen molar-refractivity contribution in [2.75, 3.05) is 0 Å². The van der Waals surface area contributed by atoms with Crippen molar-refractivity contribution in [3.8, 4) is 39.7 Å². The van der Waals surface area contributed by atoms with Crippen molar-refractivity contribution in [3.05, 3.63) is 167 Å². The molecule has 0 atom stereocenters. The van der Waals surface area contributed by atoms with E-state index in [1.54, 1.807) is 54.6 Å². The number of aromatic nitrogens is 1. The second-order valence-corrected chi connectivity index (χ2v) is 10.8. The highest BCUT2D eigenvalue weighted by molar-refractivity contribution is 9.10. The average molecular weight is 641 g/mol. The lowest BCUT2D eigenvalue weighted by atomic mass is 10.0. The summed E-state index contributed by atoms with van der Waals surface area (Å²) in [6, 6.07) is 47.1. The highest BCUT2D eigenvalue weighted by Gasteiger charge is 2.26. The van der Waals surface area contributed by atoms with E-state index in [0.717, 1.165) is 32.7 Å². The van der Waals surface area contributed by atoms with E-state index in [2.05, 4.69) is 20.5 Å². The van der Waals surface area contributed by atoms with Gasteiger partial charge in [0.2, 0.25) is 0 Å². The molecule has 0 fully saturated rings. The first-order chi connectivity index (χ1) is 21.6. The van der Waals surface area contributed by atoms with Crippen molar-refractivity contribution >= 4 is 33.9 Å².